The monoisotopic (exact) mass is 309 g/mol. The molecule has 22 heavy (non-hydrogen) atoms. The van der Waals surface area contributed by atoms with Crippen LogP contribution in [0.5, 0.6) is 0 Å². The molecule has 0 spiro atoms. The minimum absolute atomic E-state index is 0.132. The predicted octanol–water partition coefficient (Wildman–Crippen LogP) is 2.54. The molecule has 0 bridgehead atoms. The van der Waals surface area contributed by atoms with E-state index in [9.17, 15) is 19.3 Å². The number of nitro benzene ring substituents is 1. The summed E-state index contributed by atoms with van der Waals surface area (Å²) in [4.78, 5) is 23.1. The maximum absolute atomic E-state index is 13.8. The van der Waals surface area contributed by atoms with Gasteiger partial charge in [0.15, 0.2) is 5.82 Å². The van der Waals surface area contributed by atoms with Crippen molar-refractivity contribution in [2.45, 2.75) is 12.5 Å². The number of anilines is 1. The number of ether oxygens (including phenoxy) is 1. The molecule has 0 radical (unpaired) electrons. The Hall–Kier alpha value is -2.64. The van der Waals surface area contributed by atoms with Gasteiger partial charge in [0.25, 0.3) is 5.69 Å². The number of amides is 1. The van der Waals surface area contributed by atoms with Crippen LogP contribution >= 0.6 is 0 Å². The Balaban J connectivity index is 1.94. The molecule has 1 aromatic rings. The molecule has 1 aliphatic rings. The lowest BCUT2D eigenvalue weighted by molar-refractivity contribution is -0.385. The summed E-state index contributed by atoms with van der Waals surface area (Å²) in [5.74, 6) is -0.693. The van der Waals surface area contributed by atoms with Crippen LogP contribution in [-0.2, 0) is 4.74 Å². The number of nitro groups is 1. The standard InChI is InChI=1S/C14H16FN3O4/c1-2-7-22-14(19)17-6-5-10(9-17)16-13-4-3-11(18(20)21)8-12(13)15/h2-4,8,10,16H,1,5-7,9H2/t10-/m1/s1. The first-order valence-corrected chi connectivity index (χ1v) is 6.74. The lowest BCUT2D eigenvalue weighted by Crippen LogP contribution is -2.32. The number of hydrogen-bond donors (Lipinski definition) is 1. The molecule has 8 heteroatoms. The molecule has 1 saturated heterocycles. The van der Waals surface area contributed by atoms with Crippen LogP contribution in [0, 0.1) is 15.9 Å². The SMILES string of the molecule is C=CCOC(=O)N1CC[C@@H](Nc2ccc([N+](=O)[O-])cc2F)C1. The molecule has 1 aliphatic heterocycles. The van der Waals surface area contributed by atoms with Crippen molar-refractivity contribution in [1.82, 2.24) is 4.90 Å². The lowest BCUT2D eigenvalue weighted by Gasteiger charge is -2.17. The number of benzene rings is 1. The van der Waals surface area contributed by atoms with E-state index in [1.165, 1.54) is 23.1 Å². The molecule has 7 nitrogen and oxygen atoms in total. The van der Waals surface area contributed by atoms with Crippen molar-refractivity contribution in [2.24, 2.45) is 0 Å². The normalized spacial score (nSPS) is 17.1. The number of nitrogens with zero attached hydrogens (tertiary/aromatic N) is 2. The number of nitrogens with one attached hydrogen (secondary N) is 1. The predicted molar refractivity (Wildman–Crippen MR) is 78.2 cm³/mol. The Morgan fingerprint density at radius 1 is 1.64 bits per heavy atom. The summed E-state index contributed by atoms with van der Waals surface area (Å²) in [5.41, 5.74) is -0.124. The van der Waals surface area contributed by atoms with Crippen molar-refractivity contribution in [3.63, 3.8) is 0 Å². The van der Waals surface area contributed by atoms with Gasteiger partial charge in [-0.2, -0.15) is 0 Å². The first-order valence-electron chi connectivity index (χ1n) is 6.74. The van der Waals surface area contributed by atoms with Gasteiger partial charge in [-0.15, -0.1) is 0 Å². The minimum Gasteiger partial charge on any atom is -0.445 e. The van der Waals surface area contributed by atoms with Crippen LogP contribution in [0.1, 0.15) is 6.42 Å². The molecular formula is C14H16FN3O4. The van der Waals surface area contributed by atoms with Crippen molar-refractivity contribution in [3.8, 4) is 0 Å². The molecule has 1 N–H and O–H groups in total. The van der Waals surface area contributed by atoms with Crippen molar-refractivity contribution in [1.29, 1.82) is 0 Å². The zero-order valence-electron chi connectivity index (χ0n) is 11.8. The highest BCUT2D eigenvalue weighted by atomic mass is 19.1. The van der Waals surface area contributed by atoms with E-state index >= 15 is 0 Å². The first-order chi connectivity index (χ1) is 10.5. The second-order valence-corrected chi connectivity index (χ2v) is 4.86. The highest BCUT2D eigenvalue weighted by Gasteiger charge is 2.27. The Bertz CT molecular complexity index is 593. The molecule has 118 valence electrons. The molecular weight excluding hydrogens is 293 g/mol. The van der Waals surface area contributed by atoms with Crippen molar-refractivity contribution >= 4 is 17.5 Å². The number of non-ortho nitro benzene ring substituents is 1. The number of carbonyl (C=O) groups is 1. The molecule has 1 atom stereocenters. The number of likely N-dealkylation sites (tertiary alicyclic amines) is 1. The van der Waals surface area contributed by atoms with Gasteiger partial charge in [-0.1, -0.05) is 12.7 Å². The van der Waals surface area contributed by atoms with Crippen LogP contribution in [0.15, 0.2) is 30.9 Å². The second kappa shape index (κ2) is 6.88. The maximum Gasteiger partial charge on any atom is 0.410 e. The van der Waals surface area contributed by atoms with E-state index in [1.54, 1.807) is 0 Å². The summed E-state index contributed by atoms with van der Waals surface area (Å²) < 4.78 is 18.7. The van der Waals surface area contributed by atoms with E-state index in [0.29, 0.717) is 19.5 Å². The fourth-order valence-electron chi connectivity index (χ4n) is 2.22. The van der Waals surface area contributed by atoms with Crippen LogP contribution in [0.2, 0.25) is 0 Å². The summed E-state index contributed by atoms with van der Waals surface area (Å²) in [5, 5.41) is 13.5. The third-order valence-electron chi connectivity index (χ3n) is 3.29. The molecule has 2 rings (SSSR count). The van der Waals surface area contributed by atoms with Gasteiger partial charge in [0, 0.05) is 25.2 Å². The Labute approximate surface area is 126 Å². The Morgan fingerprint density at radius 2 is 2.41 bits per heavy atom. The average Bonchev–Trinajstić information content (AvgIpc) is 2.95. The van der Waals surface area contributed by atoms with Crippen molar-refractivity contribution in [2.75, 3.05) is 25.0 Å². The molecule has 0 aromatic heterocycles. The smallest absolute Gasteiger partial charge is 0.410 e. The van der Waals surface area contributed by atoms with Gasteiger partial charge in [0.2, 0.25) is 0 Å². The van der Waals surface area contributed by atoms with Gasteiger partial charge in [0.1, 0.15) is 6.61 Å². The highest BCUT2D eigenvalue weighted by Crippen LogP contribution is 2.23. The maximum atomic E-state index is 13.8. The van der Waals surface area contributed by atoms with Gasteiger partial charge < -0.3 is 15.0 Å². The van der Waals surface area contributed by atoms with Gasteiger partial charge in [-0.3, -0.25) is 10.1 Å². The number of hydrogen-bond acceptors (Lipinski definition) is 5. The molecule has 1 aromatic carbocycles. The van der Waals surface area contributed by atoms with E-state index in [4.69, 9.17) is 4.74 Å². The van der Waals surface area contributed by atoms with Gasteiger partial charge in [-0.25, -0.2) is 9.18 Å². The Morgan fingerprint density at radius 3 is 3.05 bits per heavy atom. The number of halogens is 1. The molecule has 1 heterocycles. The minimum atomic E-state index is -0.693. The van der Waals surface area contributed by atoms with E-state index in [0.717, 1.165) is 6.07 Å². The number of rotatable bonds is 5. The summed E-state index contributed by atoms with van der Waals surface area (Å²) in [7, 11) is 0. The van der Waals surface area contributed by atoms with Gasteiger partial charge in [-0.05, 0) is 12.5 Å². The summed E-state index contributed by atoms with van der Waals surface area (Å²) >= 11 is 0. The van der Waals surface area contributed by atoms with Crippen molar-refractivity contribution in [3.05, 3.63) is 46.8 Å². The van der Waals surface area contributed by atoms with E-state index in [2.05, 4.69) is 11.9 Å². The molecule has 0 unspecified atom stereocenters. The van der Waals surface area contributed by atoms with E-state index in [1.807, 2.05) is 0 Å². The quantitative estimate of drug-likeness (QED) is 0.513. The molecule has 0 aliphatic carbocycles. The molecule has 1 amide bonds. The van der Waals surface area contributed by atoms with E-state index < -0.39 is 16.8 Å². The van der Waals surface area contributed by atoms with Crippen LogP contribution < -0.4 is 5.32 Å². The van der Waals surface area contributed by atoms with Gasteiger partial charge in [0.05, 0.1) is 16.7 Å². The fraction of sp³-hybridized carbons (Fsp3) is 0.357. The van der Waals surface area contributed by atoms with Crippen molar-refractivity contribution < 1.29 is 18.8 Å². The summed E-state index contributed by atoms with van der Waals surface area (Å²) in [6, 6.07) is 3.29. The third kappa shape index (κ3) is 3.72. The highest BCUT2D eigenvalue weighted by molar-refractivity contribution is 5.68. The average molecular weight is 309 g/mol. The van der Waals surface area contributed by atoms with Crippen LogP contribution in [0.3, 0.4) is 0 Å². The zero-order valence-corrected chi connectivity index (χ0v) is 11.8. The lowest BCUT2D eigenvalue weighted by atomic mass is 10.2. The summed E-state index contributed by atoms with van der Waals surface area (Å²) in [6.45, 7) is 4.49. The number of carbonyl (C=O) groups excluding carboxylic acids is 1. The molecule has 1 fully saturated rings. The van der Waals surface area contributed by atoms with Crippen LogP contribution in [0.25, 0.3) is 0 Å². The second-order valence-electron chi connectivity index (χ2n) is 4.86. The first kappa shape index (κ1) is 15.7. The fourth-order valence-corrected chi connectivity index (χ4v) is 2.22. The van der Waals surface area contributed by atoms with Crippen LogP contribution in [-0.4, -0.2) is 41.7 Å². The van der Waals surface area contributed by atoms with Crippen LogP contribution in [0.4, 0.5) is 20.6 Å². The Kier molecular flexibility index (Phi) is 4.92. The largest absolute Gasteiger partial charge is 0.445 e. The summed E-state index contributed by atoms with van der Waals surface area (Å²) in [6.07, 6.45) is 1.68. The van der Waals surface area contributed by atoms with Gasteiger partial charge >= 0.3 is 6.09 Å². The topological polar surface area (TPSA) is 84.7 Å². The zero-order chi connectivity index (χ0) is 16.1. The third-order valence-corrected chi connectivity index (χ3v) is 3.29. The van der Waals surface area contributed by atoms with E-state index in [-0.39, 0.29) is 24.0 Å². The molecule has 0 saturated carbocycles.